The van der Waals surface area contributed by atoms with Gasteiger partial charge < -0.3 is 4.90 Å². The van der Waals surface area contributed by atoms with Crippen LogP contribution in [0.4, 0.5) is 0 Å². The SMILES string of the molecule is CC(C)(C)c1ccc(C(=O)N2CC(N3C(=O)C4CC=CCC4C3=O)C2)cc1. The van der Waals surface area contributed by atoms with Crippen molar-refractivity contribution in [2.75, 3.05) is 13.1 Å². The van der Waals surface area contributed by atoms with E-state index in [-0.39, 0.29) is 41.0 Å². The Bertz CT molecular complexity index is 787. The largest absolute Gasteiger partial charge is 0.334 e. The third kappa shape index (κ3) is 2.99. The van der Waals surface area contributed by atoms with Crippen LogP contribution in [0, 0.1) is 11.8 Å². The van der Waals surface area contributed by atoms with Crippen LogP contribution >= 0.6 is 0 Å². The maximum absolute atomic E-state index is 12.7. The molecule has 5 heteroatoms. The van der Waals surface area contributed by atoms with Gasteiger partial charge in [0.15, 0.2) is 0 Å². The molecule has 1 aromatic carbocycles. The zero-order valence-corrected chi connectivity index (χ0v) is 16.1. The highest BCUT2D eigenvalue weighted by atomic mass is 16.2. The van der Waals surface area contributed by atoms with E-state index in [9.17, 15) is 14.4 Å². The Kier molecular flexibility index (Phi) is 4.21. The van der Waals surface area contributed by atoms with E-state index in [0.29, 0.717) is 31.5 Å². The fourth-order valence-electron chi connectivity index (χ4n) is 4.27. The number of benzene rings is 1. The Balaban J connectivity index is 1.40. The maximum Gasteiger partial charge on any atom is 0.253 e. The molecule has 142 valence electrons. The fourth-order valence-corrected chi connectivity index (χ4v) is 4.27. The molecule has 2 heterocycles. The molecule has 2 saturated heterocycles. The molecule has 2 atom stereocenters. The number of fused-ring (bicyclic) bond motifs is 1. The van der Waals surface area contributed by atoms with E-state index < -0.39 is 0 Å². The summed E-state index contributed by atoms with van der Waals surface area (Å²) in [5.41, 5.74) is 1.88. The molecular weight excluding hydrogens is 340 g/mol. The number of imide groups is 1. The number of nitrogens with zero attached hydrogens (tertiary/aromatic N) is 2. The molecule has 3 aliphatic rings. The molecular formula is C22H26N2O3. The van der Waals surface area contributed by atoms with Crippen LogP contribution in [0.3, 0.4) is 0 Å². The summed E-state index contributed by atoms with van der Waals surface area (Å²) in [6.45, 7) is 7.29. The molecule has 0 aromatic heterocycles. The van der Waals surface area contributed by atoms with Gasteiger partial charge in [-0.05, 0) is 36.0 Å². The van der Waals surface area contributed by atoms with Crippen molar-refractivity contribution in [2.24, 2.45) is 11.8 Å². The summed E-state index contributed by atoms with van der Waals surface area (Å²) in [4.78, 5) is 41.1. The lowest BCUT2D eigenvalue weighted by Gasteiger charge is -2.43. The van der Waals surface area contributed by atoms with Gasteiger partial charge in [0.1, 0.15) is 0 Å². The van der Waals surface area contributed by atoms with Crippen molar-refractivity contribution < 1.29 is 14.4 Å². The predicted molar refractivity (Wildman–Crippen MR) is 102 cm³/mol. The summed E-state index contributed by atoms with van der Waals surface area (Å²) in [5.74, 6) is -0.541. The van der Waals surface area contributed by atoms with E-state index in [4.69, 9.17) is 0 Å². The lowest BCUT2D eigenvalue weighted by atomic mass is 9.85. The Hall–Kier alpha value is -2.43. The molecule has 2 fully saturated rings. The zero-order chi connectivity index (χ0) is 19.3. The number of rotatable bonds is 2. The minimum absolute atomic E-state index is 0.0371. The molecule has 0 spiro atoms. The Morgan fingerprint density at radius 1 is 0.926 bits per heavy atom. The molecule has 0 saturated carbocycles. The van der Waals surface area contributed by atoms with Crippen molar-refractivity contribution in [3.8, 4) is 0 Å². The van der Waals surface area contributed by atoms with Gasteiger partial charge in [-0.2, -0.15) is 0 Å². The van der Waals surface area contributed by atoms with Crippen LogP contribution in [0.5, 0.6) is 0 Å². The molecule has 3 amide bonds. The van der Waals surface area contributed by atoms with Gasteiger partial charge >= 0.3 is 0 Å². The second-order valence-electron chi connectivity index (χ2n) is 8.89. The predicted octanol–water partition coefficient (Wildman–Crippen LogP) is 2.76. The number of hydrogen-bond donors (Lipinski definition) is 0. The summed E-state index contributed by atoms with van der Waals surface area (Å²) in [6.07, 6.45) is 5.30. The summed E-state index contributed by atoms with van der Waals surface area (Å²) >= 11 is 0. The summed E-state index contributed by atoms with van der Waals surface area (Å²) in [7, 11) is 0. The lowest BCUT2D eigenvalue weighted by molar-refractivity contribution is -0.145. The summed E-state index contributed by atoms with van der Waals surface area (Å²) in [5, 5.41) is 0. The average molecular weight is 366 g/mol. The number of carbonyl (C=O) groups excluding carboxylic acids is 3. The molecule has 2 unspecified atom stereocenters. The minimum Gasteiger partial charge on any atom is -0.334 e. The van der Waals surface area contributed by atoms with Crippen LogP contribution in [-0.2, 0) is 15.0 Å². The number of hydrogen-bond acceptors (Lipinski definition) is 3. The highest BCUT2D eigenvalue weighted by molar-refractivity contribution is 6.06. The van der Waals surface area contributed by atoms with Gasteiger partial charge in [-0.15, -0.1) is 0 Å². The molecule has 5 nitrogen and oxygen atoms in total. The van der Waals surface area contributed by atoms with E-state index in [1.165, 1.54) is 10.5 Å². The zero-order valence-electron chi connectivity index (χ0n) is 16.1. The summed E-state index contributed by atoms with van der Waals surface area (Å²) in [6, 6.07) is 7.55. The van der Waals surface area contributed by atoms with Gasteiger partial charge in [0, 0.05) is 18.7 Å². The lowest BCUT2D eigenvalue weighted by Crippen LogP contribution is -2.62. The number of likely N-dealkylation sites (tertiary alicyclic amines) is 2. The third-order valence-corrected chi connectivity index (χ3v) is 6.05. The van der Waals surface area contributed by atoms with Crippen molar-refractivity contribution in [2.45, 2.75) is 45.1 Å². The van der Waals surface area contributed by atoms with E-state index in [2.05, 4.69) is 20.8 Å². The molecule has 27 heavy (non-hydrogen) atoms. The minimum atomic E-state index is -0.197. The normalized spacial score (nSPS) is 25.6. The first-order chi connectivity index (χ1) is 12.8. The standard InChI is InChI=1S/C22H26N2O3/c1-22(2,3)15-10-8-14(9-11-15)19(25)23-12-16(13-23)24-20(26)17-6-4-5-7-18(17)21(24)27/h4-5,8-11,16-18H,6-7,12-13H2,1-3H3. The van der Waals surface area contributed by atoms with E-state index in [1.807, 2.05) is 36.4 Å². The van der Waals surface area contributed by atoms with Gasteiger partial charge in [-0.3, -0.25) is 19.3 Å². The maximum atomic E-state index is 12.7. The highest BCUT2D eigenvalue weighted by Gasteiger charge is 2.52. The second kappa shape index (κ2) is 6.32. The molecule has 4 rings (SSSR count). The van der Waals surface area contributed by atoms with Gasteiger partial charge in [-0.1, -0.05) is 45.1 Å². The first kappa shape index (κ1) is 18.0. The Morgan fingerprint density at radius 3 is 1.93 bits per heavy atom. The molecule has 2 aliphatic heterocycles. The Morgan fingerprint density at radius 2 is 1.44 bits per heavy atom. The highest BCUT2D eigenvalue weighted by Crippen LogP contribution is 2.37. The topological polar surface area (TPSA) is 57.7 Å². The van der Waals surface area contributed by atoms with Gasteiger partial charge in [-0.25, -0.2) is 0 Å². The van der Waals surface area contributed by atoms with E-state index >= 15 is 0 Å². The molecule has 1 aliphatic carbocycles. The monoisotopic (exact) mass is 366 g/mol. The number of amides is 3. The Labute approximate surface area is 160 Å². The number of carbonyl (C=O) groups is 3. The van der Waals surface area contributed by atoms with Gasteiger partial charge in [0.25, 0.3) is 5.91 Å². The van der Waals surface area contributed by atoms with Crippen molar-refractivity contribution >= 4 is 17.7 Å². The van der Waals surface area contributed by atoms with Crippen molar-refractivity contribution in [1.29, 1.82) is 0 Å². The van der Waals surface area contributed by atoms with E-state index in [0.717, 1.165) is 0 Å². The first-order valence-corrected chi connectivity index (χ1v) is 9.69. The quantitative estimate of drug-likeness (QED) is 0.597. The van der Waals surface area contributed by atoms with Gasteiger partial charge in [0.05, 0.1) is 17.9 Å². The van der Waals surface area contributed by atoms with E-state index in [1.54, 1.807) is 4.90 Å². The molecule has 0 N–H and O–H groups in total. The van der Waals surface area contributed by atoms with Crippen LogP contribution in [0.2, 0.25) is 0 Å². The second-order valence-corrected chi connectivity index (χ2v) is 8.89. The van der Waals surface area contributed by atoms with Gasteiger partial charge in [0.2, 0.25) is 11.8 Å². The molecule has 1 aromatic rings. The van der Waals surface area contributed by atoms with Crippen LogP contribution in [-0.4, -0.2) is 46.7 Å². The number of allylic oxidation sites excluding steroid dienone is 2. The van der Waals surface area contributed by atoms with Crippen molar-refractivity contribution in [1.82, 2.24) is 9.80 Å². The van der Waals surface area contributed by atoms with Crippen LogP contribution in [0.25, 0.3) is 0 Å². The third-order valence-electron chi connectivity index (χ3n) is 6.05. The fraction of sp³-hybridized carbons (Fsp3) is 0.500. The summed E-state index contributed by atoms with van der Waals surface area (Å²) < 4.78 is 0. The smallest absolute Gasteiger partial charge is 0.253 e. The van der Waals surface area contributed by atoms with Crippen LogP contribution in [0.1, 0.15) is 49.5 Å². The first-order valence-electron chi connectivity index (χ1n) is 9.69. The van der Waals surface area contributed by atoms with Crippen LogP contribution < -0.4 is 0 Å². The molecule has 0 radical (unpaired) electrons. The van der Waals surface area contributed by atoms with Crippen molar-refractivity contribution in [3.63, 3.8) is 0 Å². The molecule has 0 bridgehead atoms. The van der Waals surface area contributed by atoms with Crippen LogP contribution in [0.15, 0.2) is 36.4 Å². The van der Waals surface area contributed by atoms with Crippen molar-refractivity contribution in [3.05, 3.63) is 47.5 Å². The average Bonchev–Trinajstić information content (AvgIpc) is 2.85.